The molecule has 1 fully saturated rings. The summed E-state index contributed by atoms with van der Waals surface area (Å²) in [5.74, 6) is 0.496. The molecule has 1 amide bonds. The first-order valence-electron chi connectivity index (χ1n) is 11.1. The van der Waals surface area contributed by atoms with Crippen LogP contribution in [0.1, 0.15) is 36.7 Å². The number of aromatic nitrogens is 2. The molecule has 0 spiro atoms. The Labute approximate surface area is 192 Å². The molecule has 3 aromatic rings. The number of fused-ring (bicyclic) bond motifs is 1. The van der Waals surface area contributed by atoms with Crippen molar-refractivity contribution in [1.82, 2.24) is 14.9 Å². The molecule has 2 aliphatic rings. The van der Waals surface area contributed by atoms with Crippen LogP contribution in [-0.2, 0) is 4.79 Å². The normalized spacial score (nSPS) is 18.4. The molecule has 1 aromatic heterocycles. The number of halogens is 1. The highest BCUT2D eigenvalue weighted by Crippen LogP contribution is 2.40. The van der Waals surface area contributed by atoms with Crippen LogP contribution < -0.4 is 10.6 Å². The van der Waals surface area contributed by atoms with Crippen molar-refractivity contribution < 1.29 is 4.79 Å². The number of aromatic amines is 1. The van der Waals surface area contributed by atoms with E-state index < -0.39 is 0 Å². The molecule has 0 saturated carbocycles. The van der Waals surface area contributed by atoms with Gasteiger partial charge in [0.25, 0.3) is 5.91 Å². The molecular weight excluding hydrogens is 422 g/mol. The van der Waals surface area contributed by atoms with Gasteiger partial charge in [0, 0.05) is 59.1 Å². The average molecular weight is 448 g/mol. The van der Waals surface area contributed by atoms with Crippen LogP contribution in [0.3, 0.4) is 0 Å². The molecule has 2 aromatic carbocycles. The van der Waals surface area contributed by atoms with Gasteiger partial charge in [-0.1, -0.05) is 30.7 Å². The van der Waals surface area contributed by atoms with Crippen LogP contribution in [0.25, 0.3) is 11.1 Å². The minimum absolute atomic E-state index is 0.139. The predicted octanol–water partition coefficient (Wildman–Crippen LogP) is 4.87. The lowest BCUT2D eigenvalue weighted by Crippen LogP contribution is -2.38. The summed E-state index contributed by atoms with van der Waals surface area (Å²) in [6.07, 6.45) is 5.68. The Kier molecular flexibility index (Phi) is 5.72. The van der Waals surface area contributed by atoms with Crippen LogP contribution in [0.15, 0.2) is 54.9 Å². The number of likely N-dealkylation sites (tertiary alicyclic amines) is 1. The number of hydrogen-bond donors (Lipinski definition) is 3. The molecular formula is C25H26ClN5O. The summed E-state index contributed by atoms with van der Waals surface area (Å²) in [4.78, 5) is 23.2. The first-order valence-corrected chi connectivity index (χ1v) is 11.4. The first kappa shape index (κ1) is 20.8. The number of anilines is 2. The maximum atomic E-state index is 13.1. The van der Waals surface area contributed by atoms with E-state index in [-0.39, 0.29) is 5.91 Å². The largest absolute Gasteiger partial charge is 0.382 e. The number of amides is 1. The van der Waals surface area contributed by atoms with E-state index in [9.17, 15) is 4.79 Å². The number of carbonyl (C=O) groups is 1. The van der Waals surface area contributed by atoms with Crippen molar-refractivity contribution >= 4 is 40.0 Å². The third-order valence-electron chi connectivity index (χ3n) is 6.27. The molecule has 0 radical (unpaired) electrons. The van der Waals surface area contributed by atoms with Gasteiger partial charge in [0.1, 0.15) is 5.82 Å². The Morgan fingerprint density at radius 1 is 1.22 bits per heavy atom. The second-order valence-corrected chi connectivity index (χ2v) is 8.70. The van der Waals surface area contributed by atoms with Crippen LogP contribution in [0.5, 0.6) is 0 Å². The van der Waals surface area contributed by atoms with Gasteiger partial charge in [0.2, 0.25) is 0 Å². The summed E-state index contributed by atoms with van der Waals surface area (Å²) in [6.45, 7) is 5.54. The molecule has 0 unspecified atom stereocenters. The van der Waals surface area contributed by atoms with Gasteiger partial charge in [-0.05, 0) is 55.3 Å². The Balaban J connectivity index is 1.55. The maximum Gasteiger partial charge on any atom is 0.257 e. The van der Waals surface area contributed by atoms with Crippen LogP contribution in [-0.4, -0.2) is 46.5 Å². The SMILES string of the molecule is CCN1CCC(Nc2ccc3c(c2)/C(=C(\c2cccc(Cl)c2)c2ncc[nH]2)C(=O)N3)CC1. The van der Waals surface area contributed by atoms with E-state index in [2.05, 4.69) is 38.5 Å². The van der Waals surface area contributed by atoms with Gasteiger partial charge in [0.15, 0.2) is 0 Å². The predicted molar refractivity (Wildman–Crippen MR) is 130 cm³/mol. The number of imidazole rings is 1. The van der Waals surface area contributed by atoms with Crippen molar-refractivity contribution in [2.24, 2.45) is 0 Å². The highest BCUT2D eigenvalue weighted by atomic mass is 35.5. The molecule has 3 N–H and O–H groups in total. The van der Waals surface area contributed by atoms with Crippen molar-refractivity contribution in [2.75, 3.05) is 30.3 Å². The smallest absolute Gasteiger partial charge is 0.257 e. The Morgan fingerprint density at radius 2 is 2.06 bits per heavy atom. The second kappa shape index (κ2) is 8.81. The topological polar surface area (TPSA) is 73.0 Å². The summed E-state index contributed by atoms with van der Waals surface area (Å²) in [6, 6.07) is 14.0. The van der Waals surface area contributed by atoms with Gasteiger partial charge in [-0.15, -0.1) is 0 Å². The van der Waals surface area contributed by atoms with E-state index in [0.717, 1.165) is 60.6 Å². The summed E-state index contributed by atoms with van der Waals surface area (Å²) in [5, 5.41) is 7.30. The summed E-state index contributed by atoms with van der Waals surface area (Å²) in [7, 11) is 0. The number of hydrogen-bond acceptors (Lipinski definition) is 4. The number of benzene rings is 2. The lowest BCUT2D eigenvalue weighted by Gasteiger charge is -2.32. The van der Waals surface area contributed by atoms with E-state index in [1.54, 1.807) is 12.4 Å². The Bertz CT molecular complexity index is 1160. The molecule has 5 rings (SSSR count). The van der Waals surface area contributed by atoms with Crippen LogP contribution in [0.4, 0.5) is 11.4 Å². The molecule has 7 heteroatoms. The molecule has 0 atom stereocenters. The summed E-state index contributed by atoms with van der Waals surface area (Å²) >= 11 is 6.28. The second-order valence-electron chi connectivity index (χ2n) is 8.27. The molecule has 0 bridgehead atoms. The zero-order valence-corrected chi connectivity index (χ0v) is 18.7. The van der Waals surface area contributed by atoms with Crippen molar-refractivity contribution in [2.45, 2.75) is 25.8 Å². The molecule has 3 heterocycles. The number of nitrogens with one attached hydrogen (secondary N) is 3. The van der Waals surface area contributed by atoms with Crippen LogP contribution >= 0.6 is 11.6 Å². The van der Waals surface area contributed by atoms with E-state index in [0.29, 0.717) is 22.5 Å². The molecule has 164 valence electrons. The van der Waals surface area contributed by atoms with E-state index in [4.69, 9.17) is 11.6 Å². The number of H-pyrrole nitrogens is 1. The van der Waals surface area contributed by atoms with Crippen LogP contribution in [0.2, 0.25) is 5.02 Å². The highest BCUT2D eigenvalue weighted by Gasteiger charge is 2.30. The van der Waals surface area contributed by atoms with E-state index in [1.807, 2.05) is 36.4 Å². The monoisotopic (exact) mass is 447 g/mol. The number of rotatable bonds is 5. The zero-order chi connectivity index (χ0) is 22.1. The Hall–Kier alpha value is -3.09. The van der Waals surface area contributed by atoms with Gasteiger partial charge < -0.3 is 20.5 Å². The van der Waals surface area contributed by atoms with Gasteiger partial charge in [-0.25, -0.2) is 4.98 Å². The van der Waals surface area contributed by atoms with E-state index >= 15 is 0 Å². The van der Waals surface area contributed by atoms with Crippen LogP contribution in [0, 0.1) is 0 Å². The number of carbonyl (C=O) groups excluding carboxylic acids is 1. The van der Waals surface area contributed by atoms with Crippen molar-refractivity contribution in [3.63, 3.8) is 0 Å². The van der Waals surface area contributed by atoms with Gasteiger partial charge in [-0.2, -0.15) is 0 Å². The van der Waals surface area contributed by atoms with E-state index in [1.165, 1.54) is 0 Å². The first-order chi connectivity index (χ1) is 15.6. The number of nitrogens with zero attached hydrogens (tertiary/aromatic N) is 2. The molecule has 0 aliphatic carbocycles. The minimum Gasteiger partial charge on any atom is -0.382 e. The fraction of sp³-hybridized carbons (Fsp3) is 0.280. The average Bonchev–Trinajstić information content (AvgIpc) is 3.43. The van der Waals surface area contributed by atoms with Crippen molar-refractivity contribution in [1.29, 1.82) is 0 Å². The molecule has 32 heavy (non-hydrogen) atoms. The fourth-order valence-corrected chi connectivity index (χ4v) is 4.77. The van der Waals surface area contributed by atoms with Crippen molar-refractivity contribution in [3.8, 4) is 0 Å². The van der Waals surface area contributed by atoms with Gasteiger partial charge >= 0.3 is 0 Å². The number of piperidine rings is 1. The Morgan fingerprint density at radius 3 is 2.78 bits per heavy atom. The quantitative estimate of drug-likeness (QED) is 0.488. The van der Waals surface area contributed by atoms with Gasteiger partial charge in [-0.3, -0.25) is 4.79 Å². The molecule has 2 aliphatic heterocycles. The highest BCUT2D eigenvalue weighted by molar-refractivity contribution is 6.38. The summed E-state index contributed by atoms with van der Waals surface area (Å²) < 4.78 is 0. The van der Waals surface area contributed by atoms with Gasteiger partial charge in [0.05, 0.1) is 5.57 Å². The molecule has 6 nitrogen and oxygen atoms in total. The van der Waals surface area contributed by atoms with Crippen molar-refractivity contribution in [3.05, 3.63) is 76.8 Å². The fourth-order valence-electron chi connectivity index (χ4n) is 4.58. The zero-order valence-electron chi connectivity index (χ0n) is 18.0. The lowest BCUT2D eigenvalue weighted by molar-refractivity contribution is -0.110. The standard InChI is InChI=1S/C25H26ClN5O/c1-2-31-12-8-18(9-13-31)29-19-6-7-21-20(15-19)23(25(32)30-21)22(24-27-10-11-28-24)16-4-3-5-17(26)14-16/h3-7,10-11,14-15,18,29H,2,8-9,12-13H2,1H3,(H,27,28)(H,30,32)/b23-22-. The molecule has 1 saturated heterocycles. The minimum atomic E-state index is -0.139. The lowest BCUT2D eigenvalue weighted by atomic mass is 9.94. The third-order valence-corrected chi connectivity index (χ3v) is 6.50. The summed E-state index contributed by atoms with van der Waals surface area (Å²) in [5.41, 5.74) is 4.89. The maximum absolute atomic E-state index is 13.1. The third kappa shape index (κ3) is 4.04.